The van der Waals surface area contributed by atoms with Crippen molar-refractivity contribution in [2.24, 2.45) is 0 Å². The van der Waals surface area contributed by atoms with Gasteiger partial charge in [0, 0.05) is 13.2 Å². The minimum atomic E-state index is -3.45. The quantitative estimate of drug-likeness (QED) is 0.739. The topological polar surface area (TPSA) is 79.8 Å². The summed E-state index contributed by atoms with van der Waals surface area (Å²) < 4.78 is 32.6. The molecule has 2 saturated heterocycles. The van der Waals surface area contributed by atoms with Gasteiger partial charge in [-0.25, -0.2) is 13.4 Å². The Bertz CT molecular complexity index is 920. The molecule has 2 atom stereocenters. The lowest BCUT2D eigenvalue weighted by molar-refractivity contribution is -0.123. The van der Waals surface area contributed by atoms with E-state index in [1.807, 2.05) is 24.3 Å². The normalized spacial score (nSPS) is 23.9. The molecule has 3 heterocycles. The average molecular weight is 424 g/mol. The number of rotatable bonds is 5. The van der Waals surface area contributed by atoms with Crippen molar-refractivity contribution in [1.82, 2.24) is 9.29 Å². The van der Waals surface area contributed by atoms with Crippen molar-refractivity contribution >= 4 is 42.6 Å². The van der Waals surface area contributed by atoms with Gasteiger partial charge in [0.1, 0.15) is 6.04 Å². The van der Waals surface area contributed by atoms with E-state index in [2.05, 4.69) is 4.98 Å². The van der Waals surface area contributed by atoms with Crippen LogP contribution in [0, 0.1) is 0 Å². The van der Waals surface area contributed by atoms with Gasteiger partial charge in [-0.2, -0.15) is 4.31 Å². The first kappa shape index (κ1) is 19.8. The second-order valence-corrected chi connectivity index (χ2v) is 10.4. The number of benzene rings is 1. The number of thiazole rings is 1. The maximum absolute atomic E-state index is 13.6. The van der Waals surface area contributed by atoms with Crippen LogP contribution in [0.2, 0.25) is 0 Å². The fraction of sp³-hybridized carbons (Fsp3) is 0.579. The Kier molecular flexibility index (Phi) is 5.69. The number of fused-ring (bicyclic) bond motifs is 1. The van der Waals surface area contributed by atoms with Crippen LogP contribution in [0.15, 0.2) is 24.3 Å². The van der Waals surface area contributed by atoms with Crippen molar-refractivity contribution in [3.8, 4) is 0 Å². The van der Waals surface area contributed by atoms with Crippen LogP contribution < -0.4 is 4.90 Å². The third-order valence-electron chi connectivity index (χ3n) is 5.35. The summed E-state index contributed by atoms with van der Waals surface area (Å²) in [4.78, 5) is 19.9. The average Bonchev–Trinajstić information content (AvgIpc) is 3.34. The number of hydrogen-bond acceptors (Lipinski definition) is 6. The molecule has 0 aliphatic carbocycles. The number of carbonyl (C=O) groups is 1. The van der Waals surface area contributed by atoms with E-state index in [-0.39, 0.29) is 12.0 Å². The zero-order chi connectivity index (χ0) is 19.7. The maximum Gasteiger partial charge on any atom is 0.247 e. The van der Waals surface area contributed by atoms with Crippen molar-refractivity contribution in [3.63, 3.8) is 0 Å². The predicted molar refractivity (Wildman–Crippen MR) is 110 cm³/mol. The smallest absolute Gasteiger partial charge is 0.247 e. The molecule has 9 heteroatoms. The van der Waals surface area contributed by atoms with E-state index in [1.165, 1.54) is 21.9 Å². The summed E-state index contributed by atoms with van der Waals surface area (Å²) in [5, 5.41) is 0.612. The molecule has 2 fully saturated rings. The van der Waals surface area contributed by atoms with Crippen molar-refractivity contribution in [2.75, 3.05) is 30.9 Å². The summed E-state index contributed by atoms with van der Waals surface area (Å²) >= 11 is 1.46. The molecule has 2 aliphatic heterocycles. The standard InChI is InChI=1S/C19H25N3O4S2/c1-28(24,25)22-11-5-4-9-16(22)18(23)21(13-14-7-6-12-26-14)19-20-15-8-2-3-10-17(15)27-19/h2-3,8,10,14,16H,4-7,9,11-13H2,1H3/t14-,16+/m1/s1. The Hall–Kier alpha value is -1.55. The summed E-state index contributed by atoms with van der Waals surface area (Å²) in [7, 11) is -3.45. The summed E-state index contributed by atoms with van der Waals surface area (Å²) in [6.07, 6.45) is 5.19. The molecule has 28 heavy (non-hydrogen) atoms. The SMILES string of the molecule is CS(=O)(=O)N1CCCC[C@H]1C(=O)N(C[C@H]1CCCO1)c1nc2ccccc2s1. The third-order valence-corrected chi connectivity index (χ3v) is 7.70. The molecule has 0 bridgehead atoms. The predicted octanol–water partition coefficient (Wildman–Crippen LogP) is 2.62. The lowest BCUT2D eigenvalue weighted by atomic mass is 10.0. The van der Waals surface area contributed by atoms with Gasteiger partial charge in [0.15, 0.2) is 5.13 Å². The minimum Gasteiger partial charge on any atom is -0.376 e. The van der Waals surface area contributed by atoms with Crippen molar-refractivity contribution in [3.05, 3.63) is 24.3 Å². The highest BCUT2D eigenvalue weighted by atomic mass is 32.2. The first-order valence-electron chi connectivity index (χ1n) is 9.69. The molecule has 2 aliphatic rings. The molecule has 152 valence electrons. The number of nitrogens with zero attached hydrogens (tertiary/aromatic N) is 3. The van der Waals surface area contributed by atoms with Crippen LogP contribution >= 0.6 is 11.3 Å². The van der Waals surface area contributed by atoms with Crippen molar-refractivity contribution in [2.45, 2.75) is 44.2 Å². The number of sulfonamides is 1. The molecule has 0 N–H and O–H groups in total. The summed E-state index contributed by atoms with van der Waals surface area (Å²) in [5.74, 6) is -0.195. The Morgan fingerprint density at radius 2 is 2.11 bits per heavy atom. The summed E-state index contributed by atoms with van der Waals surface area (Å²) in [6.45, 7) is 1.50. The van der Waals surface area contributed by atoms with Crippen molar-refractivity contribution < 1.29 is 17.9 Å². The van der Waals surface area contributed by atoms with Crippen LogP contribution in [-0.2, 0) is 19.6 Å². The molecule has 1 amide bonds. The lowest BCUT2D eigenvalue weighted by Crippen LogP contribution is -2.54. The molecule has 0 spiro atoms. The minimum absolute atomic E-state index is 0.0359. The number of piperidine rings is 1. The molecular weight excluding hydrogens is 398 g/mol. The third kappa shape index (κ3) is 4.07. The molecule has 2 aromatic rings. The monoisotopic (exact) mass is 423 g/mol. The van der Waals surface area contributed by atoms with Gasteiger partial charge in [-0.15, -0.1) is 0 Å². The number of ether oxygens (including phenoxy) is 1. The molecule has 4 rings (SSSR count). The highest BCUT2D eigenvalue weighted by molar-refractivity contribution is 7.88. The van der Waals surface area contributed by atoms with Crippen LogP contribution in [0.4, 0.5) is 5.13 Å². The molecule has 7 nitrogen and oxygen atoms in total. The highest BCUT2D eigenvalue weighted by Gasteiger charge is 2.39. The van der Waals surface area contributed by atoms with Crippen LogP contribution in [-0.4, -0.2) is 61.7 Å². The highest BCUT2D eigenvalue weighted by Crippen LogP contribution is 2.32. The Balaban J connectivity index is 1.68. The van der Waals surface area contributed by atoms with Gasteiger partial charge in [0.05, 0.1) is 29.1 Å². The van der Waals surface area contributed by atoms with E-state index in [0.29, 0.717) is 31.2 Å². The van der Waals surface area contributed by atoms with Crippen LogP contribution in [0.3, 0.4) is 0 Å². The molecular formula is C19H25N3O4S2. The van der Waals surface area contributed by atoms with Crippen LogP contribution in [0.1, 0.15) is 32.1 Å². The Morgan fingerprint density at radius 3 is 2.82 bits per heavy atom. The number of carbonyl (C=O) groups excluding carboxylic acids is 1. The van der Waals surface area contributed by atoms with E-state index in [9.17, 15) is 13.2 Å². The van der Waals surface area contributed by atoms with Gasteiger partial charge >= 0.3 is 0 Å². The molecule has 0 radical (unpaired) electrons. The fourth-order valence-corrected chi connectivity index (χ4v) is 6.06. The van der Waals surface area contributed by atoms with E-state index >= 15 is 0 Å². The number of para-hydroxylation sites is 1. The molecule has 0 saturated carbocycles. The van der Waals surface area contributed by atoms with Gasteiger partial charge in [-0.1, -0.05) is 29.9 Å². The second kappa shape index (κ2) is 8.06. The molecule has 0 unspecified atom stereocenters. The van der Waals surface area contributed by atoms with Crippen LogP contribution in [0.25, 0.3) is 10.2 Å². The number of anilines is 1. The maximum atomic E-state index is 13.6. The van der Waals surface area contributed by atoms with E-state index < -0.39 is 16.1 Å². The Labute approximate surface area is 169 Å². The van der Waals surface area contributed by atoms with E-state index in [4.69, 9.17) is 4.74 Å². The Morgan fingerprint density at radius 1 is 1.29 bits per heavy atom. The largest absolute Gasteiger partial charge is 0.376 e. The lowest BCUT2D eigenvalue weighted by Gasteiger charge is -2.35. The second-order valence-electron chi connectivity index (χ2n) is 7.43. The molecule has 1 aromatic carbocycles. The number of hydrogen-bond donors (Lipinski definition) is 0. The van der Waals surface area contributed by atoms with Crippen molar-refractivity contribution in [1.29, 1.82) is 0 Å². The van der Waals surface area contributed by atoms with E-state index in [0.717, 1.165) is 35.9 Å². The zero-order valence-corrected chi connectivity index (χ0v) is 17.5. The number of amides is 1. The van der Waals surface area contributed by atoms with Gasteiger partial charge in [0.2, 0.25) is 15.9 Å². The van der Waals surface area contributed by atoms with Gasteiger partial charge in [0.25, 0.3) is 0 Å². The van der Waals surface area contributed by atoms with Crippen LogP contribution in [0.5, 0.6) is 0 Å². The molecule has 1 aromatic heterocycles. The van der Waals surface area contributed by atoms with Gasteiger partial charge in [-0.05, 0) is 37.8 Å². The van der Waals surface area contributed by atoms with Gasteiger partial charge in [-0.3, -0.25) is 9.69 Å². The van der Waals surface area contributed by atoms with E-state index in [1.54, 1.807) is 4.90 Å². The summed E-state index contributed by atoms with van der Waals surface area (Å²) in [6, 6.07) is 7.10. The fourth-order valence-electron chi connectivity index (χ4n) is 3.96. The van der Waals surface area contributed by atoms with Gasteiger partial charge < -0.3 is 4.74 Å². The zero-order valence-electron chi connectivity index (χ0n) is 15.9. The number of aromatic nitrogens is 1. The first-order chi connectivity index (χ1) is 13.4. The summed E-state index contributed by atoms with van der Waals surface area (Å²) in [5.41, 5.74) is 0.844. The first-order valence-corrected chi connectivity index (χ1v) is 12.4.